The number of rotatable bonds is 2. The number of nitrogens with two attached hydrogens (primary N) is 1. The Labute approximate surface area is 99.3 Å². The molecule has 1 aliphatic carbocycles. The van der Waals surface area contributed by atoms with E-state index in [2.05, 4.69) is 11.2 Å². The van der Waals surface area contributed by atoms with Gasteiger partial charge in [-0.15, -0.1) is 0 Å². The highest BCUT2D eigenvalue weighted by atomic mass is 15.3. The van der Waals surface area contributed by atoms with E-state index >= 15 is 0 Å². The molecule has 1 fully saturated rings. The van der Waals surface area contributed by atoms with Gasteiger partial charge in [0.25, 0.3) is 0 Å². The average Bonchev–Trinajstić information content (AvgIpc) is 3.07. The third-order valence-corrected chi connectivity index (χ3v) is 3.03. The largest absolute Gasteiger partial charge is 0.398 e. The quantitative estimate of drug-likeness (QED) is 0.795. The van der Waals surface area contributed by atoms with Crippen molar-refractivity contribution in [3.05, 3.63) is 41.7 Å². The summed E-state index contributed by atoms with van der Waals surface area (Å²) in [7, 11) is 0. The van der Waals surface area contributed by atoms with Crippen LogP contribution in [0.5, 0.6) is 0 Å². The minimum absolute atomic E-state index is 0.494. The van der Waals surface area contributed by atoms with Crippen LogP contribution in [-0.2, 0) is 0 Å². The molecule has 84 valence electrons. The molecule has 3 rings (SSSR count). The van der Waals surface area contributed by atoms with Crippen molar-refractivity contribution < 1.29 is 0 Å². The first kappa shape index (κ1) is 9.91. The summed E-state index contributed by atoms with van der Waals surface area (Å²) in [6.45, 7) is 0. The third-order valence-electron chi connectivity index (χ3n) is 3.03. The van der Waals surface area contributed by atoms with Crippen molar-refractivity contribution in [1.82, 2.24) is 9.78 Å². The van der Waals surface area contributed by atoms with Gasteiger partial charge in [0.2, 0.25) is 0 Å². The highest BCUT2D eigenvalue weighted by molar-refractivity contribution is 5.58. The third kappa shape index (κ3) is 1.76. The first-order valence-corrected chi connectivity index (χ1v) is 5.63. The Hall–Kier alpha value is -2.28. The summed E-state index contributed by atoms with van der Waals surface area (Å²) in [5.41, 5.74) is 8.82. The van der Waals surface area contributed by atoms with E-state index in [0.29, 0.717) is 17.2 Å². The van der Waals surface area contributed by atoms with Gasteiger partial charge in [-0.05, 0) is 37.1 Å². The molecule has 0 aliphatic heterocycles. The number of benzene rings is 1. The van der Waals surface area contributed by atoms with E-state index < -0.39 is 0 Å². The molecule has 1 aromatic heterocycles. The van der Waals surface area contributed by atoms with Crippen molar-refractivity contribution in [3.8, 4) is 11.8 Å². The van der Waals surface area contributed by atoms with E-state index in [1.165, 1.54) is 12.8 Å². The summed E-state index contributed by atoms with van der Waals surface area (Å²) in [5.74, 6) is 0.645. The molecule has 2 N–H and O–H groups in total. The summed E-state index contributed by atoms with van der Waals surface area (Å²) in [6.07, 6.45) is 4.42. The molecule has 0 spiro atoms. The van der Waals surface area contributed by atoms with Gasteiger partial charge in [-0.2, -0.15) is 10.4 Å². The smallest absolute Gasteiger partial charge is 0.101 e. The van der Waals surface area contributed by atoms with Gasteiger partial charge in [-0.25, -0.2) is 4.68 Å². The standard InChI is InChI=1S/C13H12N4/c14-8-10-3-4-11(7-12(10)15)17-6-5-13(16-17)9-1-2-9/h3-7,9H,1-2,15H2. The minimum Gasteiger partial charge on any atom is -0.398 e. The molecule has 1 saturated carbocycles. The molecule has 4 heteroatoms. The van der Waals surface area contributed by atoms with E-state index in [1.54, 1.807) is 12.1 Å². The highest BCUT2D eigenvalue weighted by Crippen LogP contribution is 2.39. The number of hydrogen-bond acceptors (Lipinski definition) is 3. The van der Waals surface area contributed by atoms with Gasteiger partial charge in [0.05, 0.1) is 22.6 Å². The Morgan fingerprint density at radius 2 is 2.18 bits per heavy atom. The van der Waals surface area contributed by atoms with Gasteiger partial charge in [-0.1, -0.05) is 0 Å². The Balaban J connectivity index is 1.97. The molecule has 1 aliphatic rings. The predicted octanol–water partition coefficient (Wildman–Crippen LogP) is 2.20. The molecule has 0 radical (unpaired) electrons. The molecule has 0 atom stereocenters. The summed E-state index contributed by atoms with van der Waals surface area (Å²) in [5, 5.41) is 13.3. The first-order chi connectivity index (χ1) is 8.28. The SMILES string of the molecule is N#Cc1ccc(-n2ccc(C3CC3)n2)cc1N. The number of anilines is 1. The fraction of sp³-hybridized carbons (Fsp3) is 0.231. The average molecular weight is 224 g/mol. The maximum atomic E-state index is 8.81. The normalized spacial score (nSPS) is 14.5. The van der Waals surface area contributed by atoms with E-state index in [1.807, 2.05) is 23.0 Å². The van der Waals surface area contributed by atoms with Gasteiger partial charge >= 0.3 is 0 Å². The zero-order valence-corrected chi connectivity index (χ0v) is 9.30. The maximum Gasteiger partial charge on any atom is 0.101 e. The van der Waals surface area contributed by atoms with E-state index in [-0.39, 0.29) is 0 Å². The number of nitrogen functional groups attached to an aromatic ring is 1. The van der Waals surface area contributed by atoms with Crippen LogP contribution in [0.4, 0.5) is 5.69 Å². The molecule has 17 heavy (non-hydrogen) atoms. The molecule has 4 nitrogen and oxygen atoms in total. The first-order valence-electron chi connectivity index (χ1n) is 5.63. The van der Waals surface area contributed by atoms with Crippen molar-refractivity contribution in [2.45, 2.75) is 18.8 Å². The summed E-state index contributed by atoms with van der Waals surface area (Å²) >= 11 is 0. The van der Waals surface area contributed by atoms with Gasteiger partial charge in [0, 0.05) is 12.1 Å². The van der Waals surface area contributed by atoms with Crippen LogP contribution >= 0.6 is 0 Å². The second-order valence-electron chi connectivity index (χ2n) is 4.34. The van der Waals surface area contributed by atoms with Gasteiger partial charge in [0.1, 0.15) is 6.07 Å². The van der Waals surface area contributed by atoms with Crippen LogP contribution < -0.4 is 5.73 Å². The van der Waals surface area contributed by atoms with E-state index in [0.717, 1.165) is 11.4 Å². The van der Waals surface area contributed by atoms with Crippen molar-refractivity contribution in [3.63, 3.8) is 0 Å². The van der Waals surface area contributed by atoms with Gasteiger partial charge in [0.15, 0.2) is 0 Å². The van der Waals surface area contributed by atoms with Gasteiger partial charge in [-0.3, -0.25) is 0 Å². The molecule has 0 bridgehead atoms. The van der Waals surface area contributed by atoms with Gasteiger partial charge < -0.3 is 5.73 Å². The lowest BCUT2D eigenvalue weighted by molar-refractivity contribution is 0.837. The highest BCUT2D eigenvalue weighted by Gasteiger charge is 2.25. The zero-order chi connectivity index (χ0) is 11.8. The Bertz CT molecular complexity index is 602. The topological polar surface area (TPSA) is 67.6 Å². The molecule has 2 aromatic rings. The molecule has 0 amide bonds. The van der Waals surface area contributed by atoms with Crippen molar-refractivity contribution in [2.24, 2.45) is 0 Å². The molecule has 1 aromatic carbocycles. The van der Waals surface area contributed by atoms with Crippen LogP contribution in [0, 0.1) is 11.3 Å². The van der Waals surface area contributed by atoms with Crippen LogP contribution in [0.1, 0.15) is 30.0 Å². The lowest BCUT2D eigenvalue weighted by atomic mass is 10.2. The van der Waals surface area contributed by atoms with Crippen LogP contribution in [0.25, 0.3) is 5.69 Å². The van der Waals surface area contributed by atoms with Crippen molar-refractivity contribution >= 4 is 5.69 Å². The van der Waals surface area contributed by atoms with Crippen molar-refractivity contribution in [1.29, 1.82) is 5.26 Å². The number of aromatic nitrogens is 2. The predicted molar refractivity (Wildman–Crippen MR) is 64.7 cm³/mol. The number of nitriles is 1. The Morgan fingerprint density at radius 1 is 1.35 bits per heavy atom. The van der Waals surface area contributed by atoms with Crippen molar-refractivity contribution in [2.75, 3.05) is 5.73 Å². The Kier molecular flexibility index (Phi) is 2.12. The molecular formula is C13H12N4. The zero-order valence-electron chi connectivity index (χ0n) is 9.30. The van der Waals surface area contributed by atoms with Crippen LogP contribution in [0.3, 0.4) is 0 Å². The molecular weight excluding hydrogens is 212 g/mol. The molecule has 1 heterocycles. The number of hydrogen-bond donors (Lipinski definition) is 1. The minimum atomic E-state index is 0.494. The summed E-state index contributed by atoms with van der Waals surface area (Å²) in [4.78, 5) is 0. The lowest BCUT2D eigenvalue weighted by Crippen LogP contribution is -1.98. The lowest BCUT2D eigenvalue weighted by Gasteiger charge is -2.03. The fourth-order valence-electron chi connectivity index (χ4n) is 1.87. The Morgan fingerprint density at radius 3 is 2.82 bits per heavy atom. The summed E-state index contributed by atoms with van der Waals surface area (Å²) in [6, 6.07) is 9.47. The van der Waals surface area contributed by atoms with Crippen LogP contribution in [0.15, 0.2) is 30.5 Å². The summed E-state index contributed by atoms with van der Waals surface area (Å²) < 4.78 is 1.81. The fourth-order valence-corrected chi connectivity index (χ4v) is 1.87. The molecule has 0 unspecified atom stereocenters. The monoisotopic (exact) mass is 224 g/mol. The molecule has 0 saturated heterocycles. The van der Waals surface area contributed by atoms with Crippen LogP contribution in [0.2, 0.25) is 0 Å². The number of nitrogens with zero attached hydrogens (tertiary/aromatic N) is 3. The second kappa shape index (κ2) is 3.63. The second-order valence-corrected chi connectivity index (χ2v) is 4.34. The van der Waals surface area contributed by atoms with E-state index in [9.17, 15) is 0 Å². The van der Waals surface area contributed by atoms with Crippen LogP contribution in [-0.4, -0.2) is 9.78 Å². The van der Waals surface area contributed by atoms with E-state index in [4.69, 9.17) is 11.0 Å². The maximum absolute atomic E-state index is 8.81.